The summed E-state index contributed by atoms with van der Waals surface area (Å²) in [6.07, 6.45) is 5.21. The van der Waals surface area contributed by atoms with Crippen LogP contribution in [0.5, 0.6) is 0 Å². The number of halogens is 1. The van der Waals surface area contributed by atoms with Crippen molar-refractivity contribution in [3.05, 3.63) is 54.7 Å². The fourth-order valence-electron chi connectivity index (χ4n) is 3.03. The molecule has 3 aromatic heterocycles. The molecule has 1 aliphatic heterocycles. The monoisotopic (exact) mass is 397 g/mol. The molecule has 0 spiro atoms. The van der Waals surface area contributed by atoms with Gasteiger partial charge >= 0.3 is 0 Å². The number of anilines is 4. The third kappa shape index (κ3) is 4.30. The second-order valence-electron chi connectivity index (χ2n) is 6.25. The van der Waals surface area contributed by atoms with Gasteiger partial charge in [-0.15, -0.1) is 0 Å². The van der Waals surface area contributed by atoms with E-state index < -0.39 is 5.95 Å². The van der Waals surface area contributed by atoms with E-state index in [-0.39, 0.29) is 0 Å². The first-order valence-corrected chi connectivity index (χ1v) is 10.2. The lowest BCUT2D eigenvalue weighted by Gasteiger charge is -2.36. The predicted molar refractivity (Wildman–Crippen MR) is 110 cm³/mol. The van der Waals surface area contributed by atoms with Crippen molar-refractivity contribution in [1.29, 1.82) is 0 Å². The Balaban J connectivity index is 1.49. The van der Waals surface area contributed by atoms with Crippen LogP contribution in [0.25, 0.3) is 0 Å². The van der Waals surface area contributed by atoms with Gasteiger partial charge in [0.05, 0.1) is 11.9 Å². The second-order valence-corrected chi connectivity index (χ2v) is 7.03. The van der Waals surface area contributed by atoms with E-state index in [1.807, 2.05) is 36.7 Å². The summed E-state index contributed by atoms with van der Waals surface area (Å²) < 4.78 is 13.0. The molecule has 1 saturated heterocycles. The number of thioether (sulfide) groups is 1. The van der Waals surface area contributed by atoms with Crippen LogP contribution in [-0.4, -0.2) is 52.4 Å². The lowest BCUT2D eigenvalue weighted by Crippen LogP contribution is -2.47. The summed E-state index contributed by atoms with van der Waals surface area (Å²) in [6, 6.07) is 10.8. The van der Waals surface area contributed by atoms with E-state index in [9.17, 15) is 4.39 Å². The minimum Gasteiger partial charge on any atom is -0.353 e. The Kier molecular flexibility index (Phi) is 5.52. The number of hydrogen-bond acceptors (Lipinski definition) is 8. The highest BCUT2D eigenvalue weighted by Crippen LogP contribution is 2.24. The highest BCUT2D eigenvalue weighted by Gasteiger charge is 2.20. The van der Waals surface area contributed by atoms with Gasteiger partial charge in [-0.05, 0) is 30.5 Å². The topological polar surface area (TPSA) is 70.1 Å². The maximum atomic E-state index is 13.0. The van der Waals surface area contributed by atoms with Gasteiger partial charge in [0.15, 0.2) is 5.16 Å². The Labute approximate surface area is 167 Å². The third-order valence-electron chi connectivity index (χ3n) is 4.45. The minimum atomic E-state index is -0.510. The van der Waals surface area contributed by atoms with Gasteiger partial charge in [-0.2, -0.15) is 4.39 Å². The molecule has 9 heteroatoms. The average Bonchev–Trinajstić information content (AvgIpc) is 2.76. The first-order chi connectivity index (χ1) is 13.7. The zero-order chi connectivity index (χ0) is 19.3. The molecular weight excluding hydrogens is 377 g/mol. The molecule has 1 N–H and O–H groups in total. The standard InChI is InChI=1S/C19H20FN7S/c1-28-19-24-16(23-14-5-6-15(20)22-13-14)12-18(25-19)27-10-8-26(9-11-27)17-4-2-3-7-21-17/h2-7,12-13H,8-11H2,1H3,(H,23,24,25). The molecule has 1 fully saturated rings. The van der Waals surface area contributed by atoms with Crippen LogP contribution < -0.4 is 15.1 Å². The van der Waals surface area contributed by atoms with Crippen LogP contribution in [0.2, 0.25) is 0 Å². The minimum absolute atomic E-state index is 0.510. The molecule has 0 unspecified atom stereocenters. The average molecular weight is 397 g/mol. The Morgan fingerprint density at radius 2 is 1.75 bits per heavy atom. The molecule has 144 valence electrons. The number of aromatic nitrogens is 4. The number of pyridine rings is 2. The molecule has 4 rings (SSSR count). The fraction of sp³-hybridized carbons (Fsp3) is 0.263. The summed E-state index contributed by atoms with van der Waals surface area (Å²) in [6.45, 7) is 3.44. The first-order valence-electron chi connectivity index (χ1n) is 8.94. The van der Waals surface area contributed by atoms with Gasteiger partial charge in [0.2, 0.25) is 5.95 Å². The number of hydrogen-bond donors (Lipinski definition) is 1. The Bertz CT molecular complexity index is 915. The van der Waals surface area contributed by atoms with Crippen LogP contribution in [0.1, 0.15) is 0 Å². The van der Waals surface area contributed by atoms with Gasteiger partial charge in [-0.3, -0.25) is 0 Å². The Morgan fingerprint density at radius 3 is 2.39 bits per heavy atom. The van der Waals surface area contributed by atoms with Gasteiger partial charge in [0.1, 0.15) is 17.5 Å². The van der Waals surface area contributed by atoms with Crippen molar-refractivity contribution in [3.63, 3.8) is 0 Å². The largest absolute Gasteiger partial charge is 0.353 e. The Hall–Kier alpha value is -2.94. The summed E-state index contributed by atoms with van der Waals surface area (Å²) in [5.41, 5.74) is 0.679. The summed E-state index contributed by atoms with van der Waals surface area (Å²) in [4.78, 5) is 21.8. The summed E-state index contributed by atoms with van der Waals surface area (Å²) in [5, 5.41) is 3.86. The molecule has 3 aromatic rings. The predicted octanol–water partition coefficient (Wildman–Crippen LogP) is 3.20. The normalized spacial score (nSPS) is 14.2. The fourth-order valence-corrected chi connectivity index (χ4v) is 3.41. The molecule has 0 saturated carbocycles. The van der Waals surface area contributed by atoms with E-state index in [1.165, 1.54) is 24.0 Å². The molecule has 1 aliphatic rings. The van der Waals surface area contributed by atoms with Gasteiger partial charge in [0, 0.05) is 38.4 Å². The molecule has 0 radical (unpaired) electrons. The van der Waals surface area contributed by atoms with Gasteiger partial charge in [-0.1, -0.05) is 17.8 Å². The summed E-state index contributed by atoms with van der Waals surface area (Å²) in [5.74, 6) is 2.03. The molecular formula is C19H20FN7S. The first kappa shape index (κ1) is 18.4. The molecule has 7 nitrogen and oxygen atoms in total. The molecule has 0 amide bonds. The maximum absolute atomic E-state index is 13.0. The smallest absolute Gasteiger partial charge is 0.212 e. The number of nitrogens with zero attached hydrogens (tertiary/aromatic N) is 6. The van der Waals surface area contributed by atoms with Crippen molar-refractivity contribution in [2.45, 2.75) is 5.16 Å². The van der Waals surface area contributed by atoms with Crippen LogP contribution in [-0.2, 0) is 0 Å². The van der Waals surface area contributed by atoms with E-state index in [0.29, 0.717) is 16.7 Å². The molecule has 28 heavy (non-hydrogen) atoms. The van der Waals surface area contributed by atoms with Crippen molar-refractivity contribution in [1.82, 2.24) is 19.9 Å². The van der Waals surface area contributed by atoms with Crippen molar-refractivity contribution in [2.75, 3.05) is 47.6 Å². The zero-order valence-electron chi connectivity index (χ0n) is 15.4. The van der Waals surface area contributed by atoms with Crippen molar-refractivity contribution >= 4 is 34.9 Å². The van der Waals surface area contributed by atoms with Gasteiger partial charge in [0.25, 0.3) is 0 Å². The highest BCUT2D eigenvalue weighted by atomic mass is 32.2. The molecule has 4 heterocycles. The highest BCUT2D eigenvalue weighted by molar-refractivity contribution is 7.98. The van der Waals surface area contributed by atoms with Crippen molar-refractivity contribution in [3.8, 4) is 0 Å². The van der Waals surface area contributed by atoms with E-state index in [4.69, 9.17) is 0 Å². The quantitative estimate of drug-likeness (QED) is 0.400. The van der Waals surface area contributed by atoms with Crippen LogP contribution in [0.3, 0.4) is 0 Å². The van der Waals surface area contributed by atoms with Crippen LogP contribution in [0.15, 0.2) is 53.9 Å². The molecule has 0 aromatic carbocycles. The molecule has 0 aliphatic carbocycles. The Morgan fingerprint density at radius 1 is 0.964 bits per heavy atom. The number of piperazine rings is 1. The van der Waals surface area contributed by atoms with Crippen LogP contribution >= 0.6 is 11.8 Å². The summed E-state index contributed by atoms with van der Waals surface area (Å²) >= 11 is 1.49. The van der Waals surface area contributed by atoms with E-state index in [2.05, 4.69) is 35.1 Å². The lowest BCUT2D eigenvalue weighted by molar-refractivity contribution is 0.584. The lowest BCUT2D eigenvalue weighted by atomic mass is 10.3. The summed E-state index contributed by atoms with van der Waals surface area (Å²) in [7, 11) is 0. The van der Waals surface area contributed by atoms with Crippen molar-refractivity contribution < 1.29 is 4.39 Å². The van der Waals surface area contributed by atoms with Gasteiger partial charge < -0.3 is 15.1 Å². The number of nitrogens with one attached hydrogen (secondary N) is 1. The van der Waals surface area contributed by atoms with Gasteiger partial charge in [-0.25, -0.2) is 19.9 Å². The van der Waals surface area contributed by atoms with E-state index in [0.717, 1.165) is 37.8 Å². The van der Waals surface area contributed by atoms with E-state index >= 15 is 0 Å². The van der Waals surface area contributed by atoms with Crippen molar-refractivity contribution in [2.24, 2.45) is 0 Å². The molecule has 0 bridgehead atoms. The number of rotatable bonds is 5. The molecule has 0 atom stereocenters. The van der Waals surface area contributed by atoms with E-state index in [1.54, 1.807) is 6.07 Å². The maximum Gasteiger partial charge on any atom is 0.212 e. The van der Waals surface area contributed by atoms with Crippen LogP contribution in [0.4, 0.5) is 27.5 Å². The SMILES string of the molecule is CSc1nc(Nc2ccc(F)nc2)cc(N2CCN(c3ccccn3)CC2)n1. The third-order valence-corrected chi connectivity index (χ3v) is 5.00. The van der Waals surface area contributed by atoms with Crippen LogP contribution in [0, 0.1) is 5.95 Å². The second kappa shape index (κ2) is 8.39. The zero-order valence-corrected chi connectivity index (χ0v) is 16.2.